The molecule has 3 heteroatoms. The first-order valence-corrected chi connectivity index (χ1v) is 6.63. The molecule has 0 bridgehead atoms. The Morgan fingerprint density at radius 1 is 1.33 bits per heavy atom. The Kier molecular flexibility index (Phi) is 5.86. The standard InChI is InChI=1S/C15H24N2O/c1-4-8-17-15(18)13(10-16)9-14-11(2)6-5-7-12(14)3/h5-7,13H,4,8-10,16H2,1-3H3,(H,17,18). The van der Waals surface area contributed by atoms with Crippen LogP contribution in [0.3, 0.4) is 0 Å². The molecule has 3 nitrogen and oxygen atoms in total. The van der Waals surface area contributed by atoms with Gasteiger partial charge in [-0.3, -0.25) is 4.79 Å². The summed E-state index contributed by atoms with van der Waals surface area (Å²) in [6.45, 7) is 7.33. The molecule has 0 spiro atoms. The van der Waals surface area contributed by atoms with Gasteiger partial charge in [-0.15, -0.1) is 0 Å². The van der Waals surface area contributed by atoms with E-state index in [2.05, 4.69) is 31.3 Å². The molecular formula is C15H24N2O. The molecule has 0 radical (unpaired) electrons. The van der Waals surface area contributed by atoms with E-state index in [1.54, 1.807) is 0 Å². The van der Waals surface area contributed by atoms with Crippen molar-refractivity contribution in [3.05, 3.63) is 34.9 Å². The molecule has 1 aromatic rings. The Balaban J connectivity index is 2.76. The third-order valence-corrected chi connectivity index (χ3v) is 3.30. The molecule has 0 aliphatic heterocycles. The maximum absolute atomic E-state index is 12.0. The Morgan fingerprint density at radius 3 is 2.44 bits per heavy atom. The second-order valence-electron chi connectivity index (χ2n) is 4.80. The van der Waals surface area contributed by atoms with Crippen LogP contribution in [-0.2, 0) is 11.2 Å². The van der Waals surface area contributed by atoms with Crippen molar-refractivity contribution < 1.29 is 4.79 Å². The molecule has 0 saturated heterocycles. The largest absolute Gasteiger partial charge is 0.356 e. The second kappa shape index (κ2) is 7.17. The van der Waals surface area contributed by atoms with E-state index in [9.17, 15) is 4.79 Å². The summed E-state index contributed by atoms with van der Waals surface area (Å²) in [5.41, 5.74) is 9.45. The fourth-order valence-electron chi connectivity index (χ4n) is 2.09. The Hall–Kier alpha value is -1.35. The first-order chi connectivity index (χ1) is 8.60. The van der Waals surface area contributed by atoms with E-state index in [4.69, 9.17) is 5.73 Å². The van der Waals surface area contributed by atoms with Gasteiger partial charge in [0.25, 0.3) is 0 Å². The molecule has 1 atom stereocenters. The molecule has 0 saturated carbocycles. The number of amides is 1. The smallest absolute Gasteiger partial charge is 0.224 e. The van der Waals surface area contributed by atoms with Crippen molar-refractivity contribution in [3.8, 4) is 0 Å². The van der Waals surface area contributed by atoms with E-state index >= 15 is 0 Å². The van der Waals surface area contributed by atoms with Crippen molar-refractivity contribution in [2.45, 2.75) is 33.6 Å². The summed E-state index contributed by atoms with van der Waals surface area (Å²) in [5.74, 6) is -0.0571. The van der Waals surface area contributed by atoms with E-state index in [1.165, 1.54) is 16.7 Å². The molecule has 18 heavy (non-hydrogen) atoms. The monoisotopic (exact) mass is 248 g/mol. The van der Waals surface area contributed by atoms with E-state index in [0.29, 0.717) is 6.54 Å². The van der Waals surface area contributed by atoms with Crippen molar-refractivity contribution >= 4 is 5.91 Å². The Morgan fingerprint density at radius 2 is 1.94 bits per heavy atom. The first kappa shape index (κ1) is 14.7. The molecule has 1 amide bonds. The van der Waals surface area contributed by atoms with Crippen LogP contribution >= 0.6 is 0 Å². The number of hydrogen-bond donors (Lipinski definition) is 2. The normalized spacial score (nSPS) is 12.2. The minimum absolute atomic E-state index is 0.0713. The molecule has 100 valence electrons. The molecule has 3 N–H and O–H groups in total. The molecular weight excluding hydrogens is 224 g/mol. The summed E-state index contributed by atoms with van der Waals surface area (Å²) in [6.07, 6.45) is 1.68. The van der Waals surface area contributed by atoms with Gasteiger partial charge in [-0.25, -0.2) is 0 Å². The minimum Gasteiger partial charge on any atom is -0.356 e. The van der Waals surface area contributed by atoms with E-state index in [0.717, 1.165) is 19.4 Å². The predicted molar refractivity (Wildman–Crippen MR) is 75.5 cm³/mol. The van der Waals surface area contributed by atoms with Crippen LogP contribution in [0.1, 0.15) is 30.0 Å². The molecule has 0 aliphatic carbocycles. The maximum atomic E-state index is 12.0. The maximum Gasteiger partial charge on any atom is 0.224 e. The number of rotatable bonds is 6. The quantitative estimate of drug-likeness (QED) is 0.808. The second-order valence-corrected chi connectivity index (χ2v) is 4.80. The summed E-state index contributed by atoms with van der Waals surface area (Å²) in [5, 5.41) is 2.92. The summed E-state index contributed by atoms with van der Waals surface area (Å²) in [7, 11) is 0. The number of nitrogens with one attached hydrogen (secondary N) is 1. The van der Waals surface area contributed by atoms with Crippen LogP contribution in [-0.4, -0.2) is 19.0 Å². The average Bonchev–Trinajstić information content (AvgIpc) is 2.35. The van der Waals surface area contributed by atoms with Crippen molar-refractivity contribution in [3.63, 3.8) is 0 Å². The fraction of sp³-hybridized carbons (Fsp3) is 0.533. The van der Waals surface area contributed by atoms with E-state index in [-0.39, 0.29) is 11.8 Å². The van der Waals surface area contributed by atoms with E-state index in [1.807, 2.05) is 13.0 Å². The van der Waals surface area contributed by atoms with Crippen LogP contribution in [0, 0.1) is 19.8 Å². The summed E-state index contributed by atoms with van der Waals surface area (Å²) >= 11 is 0. The van der Waals surface area contributed by atoms with Crippen LogP contribution in [0.4, 0.5) is 0 Å². The van der Waals surface area contributed by atoms with Gasteiger partial charge >= 0.3 is 0 Å². The van der Waals surface area contributed by atoms with Gasteiger partial charge in [0.1, 0.15) is 0 Å². The zero-order chi connectivity index (χ0) is 13.5. The zero-order valence-electron chi connectivity index (χ0n) is 11.6. The highest BCUT2D eigenvalue weighted by atomic mass is 16.1. The van der Waals surface area contributed by atoms with Crippen molar-refractivity contribution in [1.29, 1.82) is 0 Å². The molecule has 0 aromatic heterocycles. The van der Waals surface area contributed by atoms with Gasteiger partial charge in [-0.05, 0) is 43.4 Å². The topological polar surface area (TPSA) is 55.1 Å². The summed E-state index contributed by atoms with van der Waals surface area (Å²) in [4.78, 5) is 12.0. The fourth-order valence-corrected chi connectivity index (χ4v) is 2.09. The number of nitrogens with two attached hydrogens (primary N) is 1. The van der Waals surface area contributed by atoms with Gasteiger partial charge in [0.15, 0.2) is 0 Å². The third kappa shape index (κ3) is 3.84. The molecule has 0 heterocycles. The van der Waals surface area contributed by atoms with Crippen LogP contribution in [0.2, 0.25) is 0 Å². The highest BCUT2D eigenvalue weighted by Crippen LogP contribution is 2.17. The van der Waals surface area contributed by atoms with Crippen molar-refractivity contribution in [1.82, 2.24) is 5.32 Å². The van der Waals surface area contributed by atoms with Gasteiger partial charge in [-0.2, -0.15) is 0 Å². The number of benzene rings is 1. The van der Waals surface area contributed by atoms with Gasteiger partial charge in [0.05, 0.1) is 5.92 Å². The lowest BCUT2D eigenvalue weighted by Gasteiger charge is -2.17. The highest BCUT2D eigenvalue weighted by Gasteiger charge is 2.18. The van der Waals surface area contributed by atoms with Crippen molar-refractivity contribution in [2.24, 2.45) is 11.7 Å². The third-order valence-electron chi connectivity index (χ3n) is 3.30. The summed E-state index contributed by atoms with van der Waals surface area (Å²) < 4.78 is 0. The van der Waals surface area contributed by atoms with Crippen LogP contribution in [0.5, 0.6) is 0 Å². The average molecular weight is 248 g/mol. The van der Waals surface area contributed by atoms with Crippen LogP contribution in [0.15, 0.2) is 18.2 Å². The van der Waals surface area contributed by atoms with Crippen molar-refractivity contribution in [2.75, 3.05) is 13.1 Å². The van der Waals surface area contributed by atoms with Crippen LogP contribution in [0.25, 0.3) is 0 Å². The highest BCUT2D eigenvalue weighted by molar-refractivity contribution is 5.79. The molecule has 0 aliphatic rings. The number of carbonyl (C=O) groups excluding carboxylic acids is 1. The first-order valence-electron chi connectivity index (χ1n) is 6.63. The number of hydrogen-bond acceptors (Lipinski definition) is 2. The Bertz CT molecular complexity index is 381. The lowest BCUT2D eigenvalue weighted by atomic mass is 9.92. The SMILES string of the molecule is CCCNC(=O)C(CN)Cc1c(C)cccc1C. The number of carbonyl (C=O) groups is 1. The van der Waals surface area contributed by atoms with E-state index < -0.39 is 0 Å². The van der Waals surface area contributed by atoms with Gasteiger partial charge in [0.2, 0.25) is 5.91 Å². The predicted octanol–water partition coefficient (Wildman–Crippen LogP) is 1.95. The summed E-state index contributed by atoms with van der Waals surface area (Å²) in [6, 6.07) is 6.21. The Labute approximate surface area is 110 Å². The molecule has 0 fully saturated rings. The molecule has 1 unspecified atom stereocenters. The van der Waals surface area contributed by atoms with Crippen LogP contribution < -0.4 is 11.1 Å². The number of aryl methyl sites for hydroxylation is 2. The molecule has 1 aromatic carbocycles. The van der Waals surface area contributed by atoms with Gasteiger partial charge < -0.3 is 11.1 Å². The zero-order valence-corrected chi connectivity index (χ0v) is 11.6. The van der Waals surface area contributed by atoms with Gasteiger partial charge in [0, 0.05) is 13.1 Å². The molecule has 1 rings (SSSR count). The minimum atomic E-state index is -0.128. The lowest BCUT2D eigenvalue weighted by molar-refractivity contribution is -0.124. The lowest BCUT2D eigenvalue weighted by Crippen LogP contribution is -2.36. The van der Waals surface area contributed by atoms with Gasteiger partial charge in [-0.1, -0.05) is 25.1 Å².